The van der Waals surface area contributed by atoms with Crippen molar-refractivity contribution in [1.29, 1.82) is 0 Å². The van der Waals surface area contributed by atoms with Crippen LogP contribution in [0.15, 0.2) is 48.2 Å². The molecule has 3 nitrogen and oxygen atoms in total. The lowest BCUT2D eigenvalue weighted by Gasteiger charge is -2.17. The Morgan fingerprint density at radius 2 is 1.68 bits per heavy atom. The first-order valence-electron chi connectivity index (χ1n) is 6.84. The minimum absolute atomic E-state index is 0.350. The number of carbonyl (C=O) groups is 1. The molecule has 0 aliphatic rings. The van der Waals surface area contributed by atoms with Crippen LogP contribution in [0, 0.1) is 17.4 Å². The van der Waals surface area contributed by atoms with Crippen molar-refractivity contribution >= 4 is 28.6 Å². The third-order valence-corrected chi connectivity index (χ3v) is 4.20. The number of aryl methyl sites for hydroxylation is 2. The second-order valence-corrected chi connectivity index (χ2v) is 6.24. The zero-order chi connectivity index (χ0) is 16.3. The smallest absolute Gasteiger partial charge is 0.331 e. The third-order valence-electron chi connectivity index (χ3n) is 3.30. The molecule has 0 saturated carbocycles. The van der Waals surface area contributed by atoms with E-state index in [1.807, 2.05) is 31.2 Å². The molecule has 0 saturated heterocycles. The molecule has 0 fully saturated rings. The molecule has 2 aromatic rings. The van der Waals surface area contributed by atoms with E-state index in [4.69, 9.17) is 9.84 Å². The van der Waals surface area contributed by atoms with Crippen LogP contribution in [0.25, 0.3) is 11.1 Å². The summed E-state index contributed by atoms with van der Waals surface area (Å²) in [6.07, 6.45) is 1.06. The highest BCUT2D eigenvalue weighted by molar-refractivity contribution is 14.1. The van der Waals surface area contributed by atoms with Crippen molar-refractivity contribution in [2.45, 2.75) is 20.8 Å². The molecule has 114 valence electrons. The van der Waals surface area contributed by atoms with Gasteiger partial charge in [-0.1, -0.05) is 24.3 Å². The standard InChI is InChI=1S/C18H17IO3/c1-11-6-4-8-14(19)17(11)18-12(2)7-5-9-15(18)22-13(3)10-16(20)21/h4-10H,1-3H3,(H,20,21)/b13-10-. The molecule has 4 heteroatoms. The minimum Gasteiger partial charge on any atom is -0.478 e. The fourth-order valence-electron chi connectivity index (χ4n) is 2.37. The number of rotatable bonds is 4. The maximum atomic E-state index is 10.8. The summed E-state index contributed by atoms with van der Waals surface area (Å²) < 4.78 is 6.91. The number of hydrogen-bond acceptors (Lipinski definition) is 2. The number of halogens is 1. The SMILES string of the molecule is C/C(=C/C(=O)O)Oc1cccc(C)c1-c1c(C)cccc1I. The van der Waals surface area contributed by atoms with Gasteiger partial charge in [0.15, 0.2) is 0 Å². The predicted octanol–water partition coefficient (Wildman–Crippen LogP) is 4.94. The molecule has 0 radical (unpaired) electrons. The normalized spacial score (nSPS) is 11.4. The molecule has 0 heterocycles. The summed E-state index contributed by atoms with van der Waals surface area (Å²) in [4.78, 5) is 10.8. The molecule has 2 rings (SSSR count). The van der Waals surface area contributed by atoms with Crippen molar-refractivity contribution < 1.29 is 14.6 Å². The Hall–Kier alpha value is -1.82. The van der Waals surface area contributed by atoms with Crippen LogP contribution in [-0.4, -0.2) is 11.1 Å². The molecule has 0 atom stereocenters. The number of benzene rings is 2. The minimum atomic E-state index is -1.02. The van der Waals surface area contributed by atoms with E-state index in [2.05, 4.69) is 41.6 Å². The van der Waals surface area contributed by atoms with E-state index < -0.39 is 5.97 Å². The van der Waals surface area contributed by atoms with Gasteiger partial charge >= 0.3 is 5.97 Å². The molecule has 0 aliphatic heterocycles. The van der Waals surface area contributed by atoms with Gasteiger partial charge in [0.2, 0.25) is 0 Å². The molecule has 0 unspecified atom stereocenters. The van der Waals surface area contributed by atoms with Gasteiger partial charge in [-0.05, 0) is 66.6 Å². The monoisotopic (exact) mass is 408 g/mol. The molecule has 0 amide bonds. The molecule has 2 aromatic carbocycles. The Morgan fingerprint density at radius 1 is 1.09 bits per heavy atom. The maximum absolute atomic E-state index is 10.8. The summed E-state index contributed by atoms with van der Waals surface area (Å²) >= 11 is 2.31. The van der Waals surface area contributed by atoms with Crippen molar-refractivity contribution in [3.8, 4) is 16.9 Å². The fraction of sp³-hybridized carbons (Fsp3) is 0.167. The van der Waals surface area contributed by atoms with E-state index >= 15 is 0 Å². The van der Waals surface area contributed by atoms with Gasteiger partial charge in [0.25, 0.3) is 0 Å². The van der Waals surface area contributed by atoms with Crippen LogP contribution < -0.4 is 4.74 Å². The first kappa shape index (κ1) is 16.5. The maximum Gasteiger partial charge on any atom is 0.331 e. The van der Waals surface area contributed by atoms with Gasteiger partial charge in [0.1, 0.15) is 11.5 Å². The lowest BCUT2D eigenvalue weighted by Crippen LogP contribution is -2.00. The van der Waals surface area contributed by atoms with Gasteiger partial charge in [-0.15, -0.1) is 0 Å². The predicted molar refractivity (Wildman–Crippen MR) is 96.1 cm³/mol. The van der Waals surface area contributed by atoms with Gasteiger partial charge in [0, 0.05) is 14.7 Å². The molecule has 0 aromatic heterocycles. The Labute approximate surface area is 143 Å². The average molecular weight is 408 g/mol. The second kappa shape index (κ2) is 6.96. The Balaban J connectivity index is 2.59. The van der Waals surface area contributed by atoms with Crippen LogP contribution in [0.3, 0.4) is 0 Å². The van der Waals surface area contributed by atoms with E-state index in [0.717, 1.165) is 31.9 Å². The van der Waals surface area contributed by atoms with Crippen molar-refractivity contribution in [2.24, 2.45) is 0 Å². The van der Waals surface area contributed by atoms with Gasteiger partial charge in [0.05, 0.1) is 6.08 Å². The van der Waals surface area contributed by atoms with Gasteiger partial charge in [-0.3, -0.25) is 0 Å². The van der Waals surface area contributed by atoms with Crippen molar-refractivity contribution in [3.63, 3.8) is 0 Å². The molecule has 22 heavy (non-hydrogen) atoms. The highest BCUT2D eigenvalue weighted by Crippen LogP contribution is 2.38. The van der Waals surface area contributed by atoms with Crippen molar-refractivity contribution in [1.82, 2.24) is 0 Å². The molecule has 1 N–H and O–H groups in total. The summed E-state index contributed by atoms with van der Waals surface area (Å²) in [5, 5.41) is 8.83. The van der Waals surface area contributed by atoms with E-state index in [9.17, 15) is 4.79 Å². The number of ether oxygens (including phenoxy) is 1. The molecular formula is C18H17IO3. The summed E-state index contributed by atoms with van der Waals surface area (Å²) in [5.41, 5.74) is 4.38. The van der Waals surface area contributed by atoms with Gasteiger partial charge in [-0.2, -0.15) is 0 Å². The van der Waals surface area contributed by atoms with E-state index in [1.54, 1.807) is 6.92 Å². The van der Waals surface area contributed by atoms with Crippen LogP contribution >= 0.6 is 22.6 Å². The number of allylic oxidation sites excluding steroid dienone is 1. The number of hydrogen-bond donors (Lipinski definition) is 1. The zero-order valence-electron chi connectivity index (χ0n) is 12.7. The van der Waals surface area contributed by atoms with Crippen molar-refractivity contribution in [2.75, 3.05) is 0 Å². The summed E-state index contributed by atoms with van der Waals surface area (Å²) in [6, 6.07) is 11.9. The molecule has 0 spiro atoms. The summed E-state index contributed by atoms with van der Waals surface area (Å²) in [5.74, 6) is 0.00216. The van der Waals surface area contributed by atoms with Crippen LogP contribution in [-0.2, 0) is 4.79 Å². The quantitative estimate of drug-likeness (QED) is 0.443. The van der Waals surface area contributed by atoms with Gasteiger partial charge < -0.3 is 9.84 Å². The summed E-state index contributed by atoms with van der Waals surface area (Å²) in [7, 11) is 0. The van der Waals surface area contributed by atoms with E-state index in [1.165, 1.54) is 0 Å². The van der Waals surface area contributed by atoms with Crippen LogP contribution in [0.4, 0.5) is 0 Å². The van der Waals surface area contributed by atoms with Crippen molar-refractivity contribution in [3.05, 3.63) is 62.9 Å². The second-order valence-electron chi connectivity index (χ2n) is 5.08. The lowest BCUT2D eigenvalue weighted by molar-refractivity contribution is -0.131. The number of aliphatic carboxylic acids is 1. The Kier molecular flexibility index (Phi) is 5.24. The average Bonchev–Trinajstić information content (AvgIpc) is 2.40. The molecule has 0 aliphatic carbocycles. The Morgan fingerprint density at radius 3 is 2.27 bits per heavy atom. The highest BCUT2D eigenvalue weighted by atomic mass is 127. The zero-order valence-corrected chi connectivity index (χ0v) is 14.8. The Bertz CT molecular complexity index is 728. The largest absolute Gasteiger partial charge is 0.478 e. The fourth-order valence-corrected chi connectivity index (χ4v) is 3.27. The van der Waals surface area contributed by atoms with Gasteiger partial charge in [-0.25, -0.2) is 4.79 Å². The number of carboxylic acids is 1. The van der Waals surface area contributed by atoms with E-state index in [-0.39, 0.29) is 0 Å². The highest BCUT2D eigenvalue weighted by Gasteiger charge is 2.15. The van der Waals surface area contributed by atoms with Crippen LogP contribution in [0.5, 0.6) is 5.75 Å². The summed E-state index contributed by atoms with van der Waals surface area (Å²) in [6.45, 7) is 5.73. The first-order valence-corrected chi connectivity index (χ1v) is 7.92. The topological polar surface area (TPSA) is 46.5 Å². The molecular weight excluding hydrogens is 391 g/mol. The third kappa shape index (κ3) is 3.68. The van der Waals surface area contributed by atoms with E-state index in [0.29, 0.717) is 11.5 Å². The molecule has 0 bridgehead atoms. The number of carboxylic acid groups (broad SMARTS) is 1. The van der Waals surface area contributed by atoms with Crippen LogP contribution in [0.2, 0.25) is 0 Å². The lowest BCUT2D eigenvalue weighted by atomic mass is 9.96. The first-order chi connectivity index (χ1) is 10.4. The van der Waals surface area contributed by atoms with Crippen LogP contribution in [0.1, 0.15) is 18.1 Å².